The maximum absolute atomic E-state index is 5.83. The van der Waals surface area contributed by atoms with Crippen molar-refractivity contribution in [2.45, 2.75) is 38.7 Å². The van der Waals surface area contributed by atoms with Crippen molar-refractivity contribution in [2.24, 2.45) is 5.92 Å². The van der Waals surface area contributed by atoms with Gasteiger partial charge in [-0.2, -0.15) is 5.10 Å². The molecule has 21 heavy (non-hydrogen) atoms. The molecule has 1 aromatic rings. The fourth-order valence-corrected chi connectivity index (χ4v) is 2.49. The van der Waals surface area contributed by atoms with Crippen molar-refractivity contribution in [3.8, 4) is 0 Å². The van der Waals surface area contributed by atoms with Gasteiger partial charge in [0.2, 0.25) is 0 Å². The molecule has 0 amide bonds. The van der Waals surface area contributed by atoms with E-state index in [0.717, 1.165) is 57.0 Å². The zero-order chi connectivity index (χ0) is 14.7. The first-order valence-electron chi connectivity index (χ1n) is 8.06. The van der Waals surface area contributed by atoms with Crippen LogP contribution in [0.5, 0.6) is 0 Å². The predicted molar refractivity (Wildman–Crippen MR) is 79.1 cm³/mol. The van der Waals surface area contributed by atoms with E-state index < -0.39 is 0 Å². The van der Waals surface area contributed by atoms with Gasteiger partial charge >= 0.3 is 0 Å². The average Bonchev–Trinajstić information content (AvgIpc) is 3.17. The highest BCUT2D eigenvalue weighted by Gasteiger charge is 2.25. The van der Waals surface area contributed by atoms with Gasteiger partial charge in [-0.15, -0.1) is 0 Å². The van der Waals surface area contributed by atoms with E-state index in [0.29, 0.717) is 5.92 Å². The lowest BCUT2D eigenvalue weighted by atomic mass is 10.2. The van der Waals surface area contributed by atoms with Gasteiger partial charge in [-0.1, -0.05) is 13.8 Å². The van der Waals surface area contributed by atoms with Crippen molar-refractivity contribution < 1.29 is 9.47 Å². The Hall–Kier alpha value is -0.980. The summed E-state index contributed by atoms with van der Waals surface area (Å²) in [4.78, 5) is 6.93. The number of rotatable bonds is 7. The SMILES string of the molecule is CC(C)c1n[nH]c([C@@H]2CN(CCOCC3CC3)CCO2)n1. The molecular weight excluding hydrogens is 268 g/mol. The minimum atomic E-state index is 0.00202. The van der Waals surface area contributed by atoms with Crippen molar-refractivity contribution in [2.75, 3.05) is 39.5 Å². The third kappa shape index (κ3) is 4.25. The second-order valence-corrected chi connectivity index (χ2v) is 6.41. The molecule has 1 N–H and O–H groups in total. The third-order valence-electron chi connectivity index (χ3n) is 4.09. The van der Waals surface area contributed by atoms with Crippen LogP contribution in [0.25, 0.3) is 0 Å². The minimum absolute atomic E-state index is 0.00202. The topological polar surface area (TPSA) is 63.3 Å². The Morgan fingerprint density at radius 2 is 2.29 bits per heavy atom. The molecule has 0 unspecified atom stereocenters. The van der Waals surface area contributed by atoms with Crippen LogP contribution in [0.15, 0.2) is 0 Å². The predicted octanol–water partition coefficient (Wildman–Crippen LogP) is 1.73. The molecule has 2 aliphatic rings. The Balaban J connectivity index is 1.45. The summed E-state index contributed by atoms with van der Waals surface area (Å²) in [7, 11) is 0. The molecule has 6 nitrogen and oxygen atoms in total. The maximum Gasteiger partial charge on any atom is 0.155 e. The lowest BCUT2D eigenvalue weighted by molar-refractivity contribution is -0.0419. The van der Waals surface area contributed by atoms with Crippen LogP contribution >= 0.6 is 0 Å². The highest BCUT2D eigenvalue weighted by atomic mass is 16.5. The van der Waals surface area contributed by atoms with Gasteiger partial charge in [-0.3, -0.25) is 10.00 Å². The normalized spacial score (nSPS) is 23.9. The van der Waals surface area contributed by atoms with E-state index in [4.69, 9.17) is 9.47 Å². The first-order chi connectivity index (χ1) is 10.2. The van der Waals surface area contributed by atoms with Crippen LogP contribution in [0.2, 0.25) is 0 Å². The number of aromatic nitrogens is 3. The number of H-pyrrole nitrogens is 1. The van der Waals surface area contributed by atoms with Gasteiger partial charge in [-0.25, -0.2) is 4.98 Å². The summed E-state index contributed by atoms with van der Waals surface area (Å²) < 4.78 is 11.5. The molecule has 6 heteroatoms. The van der Waals surface area contributed by atoms with Crippen LogP contribution in [0.1, 0.15) is 50.4 Å². The molecule has 2 fully saturated rings. The molecule has 1 atom stereocenters. The van der Waals surface area contributed by atoms with Crippen molar-refractivity contribution in [1.82, 2.24) is 20.1 Å². The van der Waals surface area contributed by atoms with Crippen LogP contribution < -0.4 is 0 Å². The Morgan fingerprint density at radius 1 is 1.43 bits per heavy atom. The van der Waals surface area contributed by atoms with E-state index in [9.17, 15) is 0 Å². The first kappa shape index (κ1) is 14.9. The number of aromatic amines is 1. The molecule has 1 aliphatic carbocycles. The van der Waals surface area contributed by atoms with Crippen molar-refractivity contribution in [1.29, 1.82) is 0 Å². The first-order valence-corrected chi connectivity index (χ1v) is 8.06. The Kier molecular flexibility index (Phi) is 4.87. The summed E-state index contributed by atoms with van der Waals surface area (Å²) in [5.74, 6) is 2.89. The lowest BCUT2D eigenvalue weighted by Gasteiger charge is -2.31. The molecule has 0 spiro atoms. The highest BCUT2D eigenvalue weighted by molar-refractivity contribution is 4.99. The average molecular weight is 294 g/mol. The lowest BCUT2D eigenvalue weighted by Crippen LogP contribution is -2.40. The van der Waals surface area contributed by atoms with E-state index in [1.807, 2.05) is 0 Å². The molecule has 1 aromatic heterocycles. The highest BCUT2D eigenvalue weighted by Crippen LogP contribution is 2.28. The second-order valence-electron chi connectivity index (χ2n) is 6.41. The zero-order valence-electron chi connectivity index (χ0n) is 13.0. The molecule has 2 heterocycles. The minimum Gasteiger partial charge on any atom is -0.380 e. The molecule has 1 saturated carbocycles. The summed E-state index contributed by atoms with van der Waals surface area (Å²) in [5, 5.41) is 7.28. The van der Waals surface area contributed by atoms with Crippen LogP contribution in [-0.4, -0.2) is 59.5 Å². The van der Waals surface area contributed by atoms with Crippen LogP contribution in [0, 0.1) is 5.92 Å². The third-order valence-corrected chi connectivity index (χ3v) is 4.09. The smallest absolute Gasteiger partial charge is 0.155 e. The van der Waals surface area contributed by atoms with Crippen molar-refractivity contribution >= 4 is 0 Å². The van der Waals surface area contributed by atoms with Gasteiger partial charge in [0.15, 0.2) is 11.6 Å². The van der Waals surface area contributed by atoms with Crippen LogP contribution in [0.4, 0.5) is 0 Å². The summed E-state index contributed by atoms with van der Waals surface area (Å²) >= 11 is 0. The van der Waals surface area contributed by atoms with Gasteiger partial charge in [0.05, 0.1) is 13.2 Å². The van der Waals surface area contributed by atoms with Crippen molar-refractivity contribution in [3.63, 3.8) is 0 Å². The molecule has 0 radical (unpaired) electrons. The van der Waals surface area contributed by atoms with Crippen LogP contribution in [0.3, 0.4) is 0 Å². The maximum atomic E-state index is 5.83. The summed E-state index contributed by atoms with van der Waals surface area (Å²) in [6.45, 7) is 9.48. The fourth-order valence-electron chi connectivity index (χ4n) is 2.49. The second kappa shape index (κ2) is 6.85. The van der Waals surface area contributed by atoms with Gasteiger partial charge in [0, 0.05) is 32.2 Å². The van der Waals surface area contributed by atoms with Gasteiger partial charge in [0.1, 0.15) is 6.10 Å². The molecule has 0 bridgehead atoms. The molecule has 3 rings (SSSR count). The number of morpholine rings is 1. The molecular formula is C15H26N4O2. The summed E-state index contributed by atoms with van der Waals surface area (Å²) in [5.41, 5.74) is 0. The molecule has 118 valence electrons. The molecule has 0 aromatic carbocycles. The van der Waals surface area contributed by atoms with E-state index in [1.165, 1.54) is 12.8 Å². The quantitative estimate of drug-likeness (QED) is 0.776. The fraction of sp³-hybridized carbons (Fsp3) is 0.867. The Labute approximate surface area is 126 Å². The molecule has 1 saturated heterocycles. The largest absolute Gasteiger partial charge is 0.380 e. The monoisotopic (exact) mass is 294 g/mol. The van der Waals surface area contributed by atoms with Gasteiger partial charge < -0.3 is 9.47 Å². The zero-order valence-corrected chi connectivity index (χ0v) is 13.0. The Bertz CT molecular complexity index is 445. The number of ether oxygens (including phenoxy) is 2. The Morgan fingerprint density at radius 3 is 3.00 bits per heavy atom. The van der Waals surface area contributed by atoms with E-state index in [1.54, 1.807) is 0 Å². The number of hydrogen-bond donors (Lipinski definition) is 1. The van der Waals surface area contributed by atoms with E-state index in [-0.39, 0.29) is 6.10 Å². The summed E-state index contributed by atoms with van der Waals surface area (Å²) in [6.07, 6.45) is 2.70. The van der Waals surface area contributed by atoms with Gasteiger partial charge in [-0.05, 0) is 18.8 Å². The standard InChI is InChI=1S/C15H26N4O2/c1-11(2)14-16-15(18-17-14)13-9-19(6-8-21-13)5-7-20-10-12-3-4-12/h11-13H,3-10H2,1-2H3,(H,16,17,18)/t13-/m0/s1. The summed E-state index contributed by atoms with van der Waals surface area (Å²) in [6, 6.07) is 0. The van der Waals surface area contributed by atoms with Gasteiger partial charge in [0.25, 0.3) is 0 Å². The number of hydrogen-bond acceptors (Lipinski definition) is 5. The number of nitrogens with zero attached hydrogens (tertiary/aromatic N) is 3. The van der Waals surface area contributed by atoms with E-state index >= 15 is 0 Å². The van der Waals surface area contributed by atoms with E-state index in [2.05, 4.69) is 33.9 Å². The van der Waals surface area contributed by atoms with Crippen LogP contribution in [-0.2, 0) is 9.47 Å². The van der Waals surface area contributed by atoms with Crippen molar-refractivity contribution in [3.05, 3.63) is 11.6 Å². The molecule has 1 aliphatic heterocycles. The number of nitrogens with one attached hydrogen (secondary N) is 1.